The largest absolute Gasteiger partial charge is 0.348 e. The second-order valence-electron chi connectivity index (χ2n) is 6.16. The van der Waals surface area contributed by atoms with Crippen molar-refractivity contribution in [3.8, 4) is 0 Å². The molecule has 0 spiro atoms. The first kappa shape index (κ1) is 15.0. The van der Waals surface area contributed by atoms with E-state index < -0.39 is 0 Å². The monoisotopic (exact) mass is 274 g/mol. The van der Waals surface area contributed by atoms with Gasteiger partial charge in [0.25, 0.3) is 5.91 Å². The van der Waals surface area contributed by atoms with Crippen molar-refractivity contribution in [3.05, 3.63) is 34.4 Å². The van der Waals surface area contributed by atoms with Crippen LogP contribution in [0, 0.1) is 20.8 Å². The number of hydrogen-bond donors (Lipinski definition) is 2. The third-order valence-corrected chi connectivity index (χ3v) is 4.29. The number of nitrogens with two attached hydrogens (primary N) is 1. The molecule has 0 radical (unpaired) electrons. The Bertz CT molecular complexity index is 473. The topological polar surface area (TPSA) is 55.1 Å². The summed E-state index contributed by atoms with van der Waals surface area (Å²) in [5, 5.41) is 3.16. The molecule has 0 bridgehead atoms. The fourth-order valence-electron chi connectivity index (χ4n) is 3.29. The van der Waals surface area contributed by atoms with Gasteiger partial charge in [0.15, 0.2) is 0 Å². The zero-order valence-corrected chi connectivity index (χ0v) is 12.8. The third-order valence-electron chi connectivity index (χ3n) is 4.29. The van der Waals surface area contributed by atoms with Crippen LogP contribution in [0.4, 0.5) is 0 Å². The van der Waals surface area contributed by atoms with Crippen molar-refractivity contribution in [2.75, 3.05) is 0 Å². The Balaban J connectivity index is 2.15. The minimum Gasteiger partial charge on any atom is -0.348 e. The number of hydrogen-bond acceptors (Lipinski definition) is 2. The van der Waals surface area contributed by atoms with Gasteiger partial charge < -0.3 is 11.1 Å². The molecule has 0 heterocycles. The van der Waals surface area contributed by atoms with E-state index in [1.807, 2.05) is 13.8 Å². The summed E-state index contributed by atoms with van der Waals surface area (Å²) in [6, 6.07) is 4.33. The van der Waals surface area contributed by atoms with Gasteiger partial charge in [0.1, 0.15) is 0 Å². The van der Waals surface area contributed by atoms with Crippen LogP contribution >= 0.6 is 0 Å². The average Bonchev–Trinajstić information content (AvgIpc) is 2.53. The Morgan fingerprint density at radius 3 is 2.35 bits per heavy atom. The van der Waals surface area contributed by atoms with Gasteiger partial charge in [-0.05, 0) is 44.7 Å². The first-order valence-electron chi connectivity index (χ1n) is 7.63. The highest BCUT2D eigenvalue weighted by atomic mass is 16.1. The number of amides is 1. The van der Waals surface area contributed by atoms with Crippen LogP contribution in [0.25, 0.3) is 0 Å². The molecule has 3 nitrogen and oxygen atoms in total. The molecule has 1 aromatic rings. The van der Waals surface area contributed by atoms with Crippen molar-refractivity contribution >= 4 is 5.91 Å². The zero-order chi connectivity index (χ0) is 14.7. The van der Waals surface area contributed by atoms with Crippen LogP contribution in [-0.4, -0.2) is 18.0 Å². The van der Waals surface area contributed by atoms with Crippen molar-refractivity contribution in [1.29, 1.82) is 0 Å². The molecule has 0 aromatic heterocycles. The molecule has 3 heteroatoms. The van der Waals surface area contributed by atoms with E-state index in [0.29, 0.717) is 0 Å². The normalized spacial score (nSPS) is 23.2. The van der Waals surface area contributed by atoms with Crippen LogP contribution in [0.15, 0.2) is 12.1 Å². The lowest BCUT2D eigenvalue weighted by Crippen LogP contribution is -2.47. The lowest BCUT2D eigenvalue weighted by molar-refractivity contribution is 0.0927. The molecule has 3 N–H and O–H groups in total. The molecular weight excluding hydrogens is 248 g/mol. The Labute approximate surface area is 121 Å². The molecule has 1 saturated carbocycles. The Morgan fingerprint density at radius 1 is 1.10 bits per heavy atom. The number of rotatable bonds is 2. The molecule has 1 fully saturated rings. The minimum absolute atomic E-state index is 0.0300. The fraction of sp³-hybridized carbons (Fsp3) is 0.588. The molecule has 110 valence electrons. The van der Waals surface area contributed by atoms with Gasteiger partial charge in [0.05, 0.1) is 0 Å². The maximum Gasteiger partial charge on any atom is 0.252 e. The van der Waals surface area contributed by atoms with E-state index in [9.17, 15) is 4.79 Å². The van der Waals surface area contributed by atoms with E-state index in [0.717, 1.165) is 36.0 Å². The standard InChI is InChI=1S/C17H26N2O/c1-11-9-12(2)16(13(3)10-11)17(20)19-15-8-6-4-5-7-14(15)18/h9-10,14-15H,4-8,18H2,1-3H3,(H,19,20). The Morgan fingerprint density at radius 2 is 1.70 bits per heavy atom. The van der Waals surface area contributed by atoms with Crippen molar-refractivity contribution in [2.45, 2.75) is 65.0 Å². The van der Waals surface area contributed by atoms with Gasteiger partial charge in [-0.25, -0.2) is 0 Å². The van der Waals surface area contributed by atoms with E-state index in [2.05, 4.69) is 24.4 Å². The second kappa shape index (κ2) is 6.40. The summed E-state index contributed by atoms with van der Waals surface area (Å²) in [6.07, 6.45) is 5.57. The molecule has 1 aliphatic rings. The maximum atomic E-state index is 12.6. The van der Waals surface area contributed by atoms with E-state index in [1.54, 1.807) is 0 Å². The predicted molar refractivity (Wildman–Crippen MR) is 83.0 cm³/mol. The lowest BCUT2D eigenvalue weighted by atomic mass is 9.97. The molecule has 2 unspecified atom stereocenters. The van der Waals surface area contributed by atoms with Gasteiger partial charge in [-0.2, -0.15) is 0 Å². The van der Waals surface area contributed by atoms with Gasteiger partial charge in [0, 0.05) is 17.6 Å². The van der Waals surface area contributed by atoms with Crippen LogP contribution in [0.2, 0.25) is 0 Å². The van der Waals surface area contributed by atoms with Crippen LogP contribution in [-0.2, 0) is 0 Å². The van der Waals surface area contributed by atoms with Crippen molar-refractivity contribution < 1.29 is 4.79 Å². The minimum atomic E-state index is 0.0300. The Hall–Kier alpha value is -1.35. The van der Waals surface area contributed by atoms with Crippen molar-refractivity contribution in [1.82, 2.24) is 5.32 Å². The highest BCUT2D eigenvalue weighted by molar-refractivity contribution is 5.97. The summed E-state index contributed by atoms with van der Waals surface area (Å²) in [5.74, 6) is 0.0300. The van der Waals surface area contributed by atoms with E-state index in [1.165, 1.54) is 18.4 Å². The quantitative estimate of drug-likeness (QED) is 0.815. The molecule has 2 rings (SSSR count). The summed E-state index contributed by atoms with van der Waals surface area (Å²) in [4.78, 5) is 12.6. The molecular formula is C17H26N2O. The first-order valence-corrected chi connectivity index (χ1v) is 7.63. The summed E-state index contributed by atoms with van der Waals surface area (Å²) in [7, 11) is 0. The zero-order valence-electron chi connectivity index (χ0n) is 12.8. The second-order valence-corrected chi connectivity index (χ2v) is 6.16. The van der Waals surface area contributed by atoms with Gasteiger partial charge in [-0.1, -0.05) is 37.0 Å². The number of benzene rings is 1. The smallest absolute Gasteiger partial charge is 0.252 e. The highest BCUT2D eigenvalue weighted by Gasteiger charge is 2.23. The van der Waals surface area contributed by atoms with E-state index in [-0.39, 0.29) is 18.0 Å². The van der Waals surface area contributed by atoms with Gasteiger partial charge >= 0.3 is 0 Å². The van der Waals surface area contributed by atoms with Crippen molar-refractivity contribution in [2.24, 2.45) is 5.73 Å². The number of carbonyl (C=O) groups is 1. The molecule has 1 amide bonds. The summed E-state index contributed by atoms with van der Waals surface area (Å²) in [5.41, 5.74) is 10.3. The van der Waals surface area contributed by atoms with Crippen LogP contribution in [0.5, 0.6) is 0 Å². The average molecular weight is 274 g/mol. The number of carbonyl (C=O) groups excluding carboxylic acids is 1. The summed E-state index contributed by atoms with van der Waals surface area (Å²) < 4.78 is 0. The summed E-state index contributed by atoms with van der Waals surface area (Å²) >= 11 is 0. The number of nitrogens with one attached hydrogen (secondary N) is 1. The first-order chi connectivity index (χ1) is 9.49. The van der Waals surface area contributed by atoms with Crippen molar-refractivity contribution in [3.63, 3.8) is 0 Å². The van der Waals surface area contributed by atoms with Crippen LogP contribution < -0.4 is 11.1 Å². The highest BCUT2D eigenvalue weighted by Crippen LogP contribution is 2.20. The van der Waals surface area contributed by atoms with Gasteiger partial charge in [-0.3, -0.25) is 4.79 Å². The predicted octanol–water partition coefficient (Wildman–Crippen LogP) is 3.00. The SMILES string of the molecule is Cc1cc(C)c(C(=O)NC2CCCCCC2N)c(C)c1. The van der Waals surface area contributed by atoms with Crippen LogP contribution in [0.1, 0.15) is 59.2 Å². The molecule has 1 aromatic carbocycles. The molecule has 0 saturated heterocycles. The van der Waals surface area contributed by atoms with E-state index >= 15 is 0 Å². The molecule has 2 atom stereocenters. The van der Waals surface area contributed by atoms with Gasteiger partial charge in [-0.15, -0.1) is 0 Å². The molecule has 1 aliphatic carbocycles. The number of aryl methyl sites for hydroxylation is 3. The molecule has 20 heavy (non-hydrogen) atoms. The third kappa shape index (κ3) is 3.40. The maximum absolute atomic E-state index is 12.6. The lowest BCUT2D eigenvalue weighted by Gasteiger charge is -2.23. The summed E-state index contributed by atoms with van der Waals surface area (Å²) in [6.45, 7) is 6.06. The van der Waals surface area contributed by atoms with Gasteiger partial charge in [0.2, 0.25) is 0 Å². The fourth-order valence-corrected chi connectivity index (χ4v) is 3.29. The molecule has 0 aliphatic heterocycles. The van der Waals surface area contributed by atoms with E-state index in [4.69, 9.17) is 5.73 Å². The Kier molecular flexibility index (Phi) is 4.81. The van der Waals surface area contributed by atoms with Crippen LogP contribution in [0.3, 0.4) is 0 Å².